The number of hydrogen-bond donors (Lipinski definition) is 0. The van der Waals surface area contributed by atoms with Crippen LogP contribution < -0.4 is 4.74 Å². The largest absolute Gasteiger partial charge is 0.484 e. The Bertz CT molecular complexity index is 1150. The van der Waals surface area contributed by atoms with Crippen molar-refractivity contribution >= 4 is 11.6 Å². The summed E-state index contributed by atoms with van der Waals surface area (Å²) in [5.74, 6) is 1.10. The second-order valence-corrected chi connectivity index (χ2v) is 8.69. The van der Waals surface area contributed by atoms with Crippen LogP contribution in [0.15, 0.2) is 47.0 Å². The van der Waals surface area contributed by atoms with E-state index in [1.54, 1.807) is 17.9 Å². The molecule has 0 spiro atoms. The molecule has 34 heavy (non-hydrogen) atoms. The number of amides is 1. The molecule has 1 aliphatic carbocycles. The molecule has 0 N–H and O–H groups in total. The predicted octanol–water partition coefficient (Wildman–Crippen LogP) is 5.00. The van der Waals surface area contributed by atoms with Crippen LogP contribution in [0.1, 0.15) is 49.1 Å². The van der Waals surface area contributed by atoms with Crippen LogP contribution in [0.4, 0.5) is 5.69 Å². The van der Waals surface area contributed by atoms with Gasteiger partial charge in [0.15, 0.2) is 6.61 Å². The Morgan fingerprint density at radius 3 is 2.56 bits per heavy atom. The Hall–Kier alpha value is -3.75. The molecule has 0 atom stereocenters. The van der Waals surface area contributed by atoms with Gasteiger partial charge in [0.25, 0.3) is 11.6 Å². The highest BCUT2D eigenvalue weighted by Gasteiger charge is 2.28. The highest BCUT2D eigenvalue weighted by Crippen LogP contribution is 2.26. The molecule has 0 bridgehead atoms. The lowest BCUT2D eigenvalue weighted by Gasteiger charge is -2.33. The quantitative estimate of drug-likeness (QED) is 0.340. The Morgan fingerprint density at radius 1 is 1.15 bits per heavy atom. The number of nitro benzene ring substituents is 1. The number of benzene rings is 2. The fourth-order valence-corrected chi connectivity index (χ4v) is 4.25. The maximum absolute atomic E-state index is 13.2. The van der Waals surface area contributed by atoms with Crippen LogP contribution in [0.5, 0.6) is 5.75 Å². The zero-order chi connectivity index (χ0) is 24.1. The molecule has 1 amide bonds. The third-order valence-electron chi connectivity index (χ3n) is 6.15. The van der Waals surface area contributed by atoms with Gasteiger partial charge in [0.1, 0.15) is 12.3 Å². The number of nitro groups is 1. The lowest BCUT2D eigenvalue weighted by atomic mass is 9.94. The highest BCUT2D eigenvalue weighted by molar-refractivity contribution is 5.78. The fraction of sp³-hybridized carbons (Fsp3) is 0.400. The minimum absolute atomic E-state index is 0.0169. The molecule has 1 fully saturated rings. The minimum Gasteiger partial charge on any atom is -0.484 e. The van der Waals surface area contributed by atoms with Crippen molar-refractivity contribution < 1.29 is 19.0 Å². The summed E-state index contributed by atoms with van der Waals surface area (Å²) >= 11 is 0. The summed E-state index contributed by atoms with van der Waals surface area (Å²) in [7, 11) is 0. The molecule has 9 nitrogen and oxygen atoms in total. The van der Waals surface area contributed by atoms with Crippen LogP contribution in [0, 0.1) is 24.0 Å². The first-order chi connectivity index (χ1) is 16.4. The predicted molar refractivity (Wildman–Crippen MR) is 125 cm³/mol. The number of hydrogen-bond acceptors (Lipinski definition) is 7. The highest BCUT2D eigenvalue weighted by atomic mass is 16.6. The Balaban J connectivity index is 1.46. The summed E-state index contributed by atoms with van der Waals surface area (Å²) in [4.78, 5) is 30.1. The number of aromatic nitrogens is 2. The van der Waals surface area contributed by atoms with Crippen molar-refractivity contribution in [2.75, 3.05) is 6.61 Å². The van der Waals surface area contributed by atoms with Crippen molar-refractivity contribution in [1.82, 2.24) is 15.0 Å². The molecule has 2 aromatic carbocycles. The summed E-state index contributed by atoms with van der Waals surface area (Å²) in [6.07, 6.45) is 5.13. The average Bonchev–Trinajstić information content (AvgIpc) is 3.30. The first-order valence-corrected chi connectivity index (χ1v) is 11.5. The van der Waals surface area contributed by atoms with E-state index in [4.69, 9.17) is 9.26 Å². The van der Waals surface area contributed by atoms with E-state index in [1.165, 1.54) is 12.1 Å². The summed E-state index contributed by atoms with van der Waals surface area (Å²) in [6.45, 7) is 3.69. The molecule has 0 radical (unpaired) electrons. The molecular weight excluding hydrogens is 436 g/mol. The van der Waals surface area contributed by atoms with E-state index in [-0.39, 0.29) is 30.8 Å². The molecule has 178 valence electrons. The third-order valence-corrected chi connectivity index (χ3v) is 6.15. The van der Waals surface area contributed by atoms with Gasteiger partial charge in [0.2, 0.25) is 11.7 Å². The van der Waals surface area contributed by atoms with E-state index in [9.17, 15) is 14.9 Å². The van der Waals surface area contributed by atoms with E-state index in [0.29, 0.717) is 23.0 Å². The van der Waals surface area contributed by atoms with Gasteiger partial charge in [0, 0.05) is 23.2 Å². The molecule has 1 aliphatic rings. The standard InChI is InChI=1S/C25H28N4O5/c1-17-8-10-19(11-9-17)25-26-23(34-27-25)15-28(20-6-4-3-5-7-20)24(30)16-33-21-12-13-22(29(31)32)18(2)14-21/h8-14,20H,3-7,15-16H2,1-2H3. The van der Waals surface area contributed by atoms with Crippen molar-refractivity contribution in [1.29, 1.82) is 0 Å². The fourth-order valence-electron chi connectivity index (χ4n) is 4.25. The van der Waals surface area contributed by atoms with Gasteiger partial charge in [0.05, 0.1) is 4.92 Å². The molecule has 1 heterocycles. The van der Waals surface area contributed by atoms with Crippen LogP contribution in [0.25, 0.3) is 11.4 Å². The molecule has 0 unspecified atom stereocenters. The summed E-state index contributed by atoms with van der Waals surface area (Å²) < 4.78 is 11.2. The van der Waals surface area contributed by atoms with Gasteiger partial charge in [-0.25, -0.2) is 0 Å². The van der Waals surface area contributed by atoms with Crippen LogP contribution in [-0.2, 0) is 11.3 Å². The Kier molecular flexibility index (Phi) is 7.20. The lowest BCUT2D eigenvalue weighted by Crippen LogP contribution is -2.43. The van der Waals surface area contributed by atoms with Crippen LogP contribution in [-0.4, -0.2) is 38.5 Å². The van der Waals surface area contributed by atoms with Crippen molar-refractivity contribution in [2.24, 2.45) is 0 Å². The van der Waals surface area contributed by atoms with Crippen LogP contribution >= 0.6 is 0 Å². The van der Waals surface area contributed by atoms with Gasteiger partial charge < -0.3 is 14.2 Å². The maximum atomic E-state index is 13.2. The van der Waals surface area contributed by atoms with Crippen molar-refractivity contribution in [3.63, 3.8) is 0 Å². The van der Waals surface area contributed by atoms with Crippen molar-refractivity contribution in [2.45, 2.75) is 58.5 Å². The molecule has 4 rings (SSSR count). The van der Waals surface area contributed by atoms with Crippen LogP contribution in [0.3, 0.4) is 0 Å². The average molecular weight is 465 g/mol. The lowest BCUT2D eigenvalue weighted by molar-refractivity contribution is -0.385. The number of carbonyl (C=O) groups excluding carboxylic acids is 1. The molecule has 1 saturated carbocycles. The van der Waals surface area contributed by atoms with E-state index in [0.717, 1.165) is 43.2 Å². The topological polar surface area (TPSA) is 112 Å². The summed E-state index contributed by atoms with van der Waals surface area (Å²) in [5.41, 5.74) is 2.50. The van der Waals surface area contributed by atoms with Crippen molar-refractivity contribution in [3.8, 4) is 17.1 Å². The maximum Gasteiger partial charge on any atom is 0.272 e. The zero-order valence-electron chi connectivity index (χ0n) is 19.4. The number of carbonyl (C=O) groups is 1. The smallest absolute Gasteiger partial charge is 0.272 e. The van der Waals surface area contributed by atoms with Gasteiger partial charge in [-0.3, -0.25) is 14.9 Å². The molecule has 0 saturated heterocycles. The van der Waals surface area contributed by atoms with E-state index in [2.05, 4.69) is 10.1 Å². The Morgan fingerprint density at radius 2 is 1.88 bits per heavy atom. The molecular formula is C25H28N4O5. The first-order valence-electron chi connectivity index (χ1n) is 11.5. The molecule has 3 aromatic rings. The number of aryl methyl sites for hydroxylation is 2. The minimum atomic E-state index is -0.440. The van der Waals surface area contributed by atoms with E-state index in [1.807, 2.05) is 31.2 Å². The second kappa shape index (κ2) is 10.5. The number of rotatable bonds is 8. The van der Waals surface area contributed by atoms with E-state index < -0.39 is 4.92 Å². The first kappa shape index (κ1) is 23.4. The van der Waals surface area contributed by atoms with Gasteiger partial charge >= 0.3 is 0 Å². The van der Waals surface area contributed by atoms with Gasteiger partial charge in [-0.15, -0.1) is 0 Å². The normalized spacial score (nSPS) is 14.1. The monoisotopic (exact) mass is 464 g/mol. The Labute approximate surface area is 197 Å². The number of ether oxygens (including phenoxy) is 1. The third kappa shape index (κ3) is 5.59. The number of nitrogens with zero attached hydrogens (tertiary/aromatic N) is 4. The van der Waals surface area contributed by atoms with Gasteiger partial charge in [-0.2, -0.15) is 4.98 Å². The molecule has 1 aromatic heterocycles. The van der Waals surface area contributed by atoms with E-state index >= 15 is 0 Å². The van der Waals surface area contributed by atoms with Gasteiger partial charge in [-0.05, 0) is 38.8 Å². The van der Waals surface area contributed by atoms with Crippen molar-refractivity contribution in [3.05, 3.63) is 69.6 Å². The zero-order valence-corrected chi connectivity index (χ0v) is 19.4. The summed E-state index contributed by atoms with van der Waals surface area (Å²) in [5, 5.41) is 15.1. The summed E-state index contributed by atoms with van der Waals surface area (Å²) in [6, 6.07) is 12.4. The SMILES string of the molecule is Cc1ccc(-c2noc(CN(C(=O)COc3ccc([N+](=O)[O-])c(C)c3)C3CCCCC3)n2)cc1. The second-order valence-electron chi connectivity index (χ2n) is 8.69. The van der Waals surface area contributed by atoms with Gasteiger partial charge in [-0.1, -0.05) is 54.2 Å². The van der Waals surface area contributed by atoms with Crippen LogP contribution in [0.2, 0.25) is 0 Å². The molecule has 9 heteroatoms. The molecule has 0 aliphatic heterocycles.